The van der Waals surface area contributed by atoms with Gasteiger partial charge in [-0.1, -0.05) is 142 Å². The minimum absolute atomic E-state index is 0.0658. The van der Waals surface area contributed by atoms with E-state index >= 15 is 0 Å². The maximum atomic E-state index is 4.36. The van der Waals surface area contributed by atoms with Gasteiger partial charge in [0, 0.05) is 34.2 Å². The molecule has 2 aromatic heterocycles. The first-order valence-electron chi connectivity index (χ1n) is 18.1. The van der Waals surface area contributed by atoms with Crippen molar-refractivity contribution < 1.29 is 0 Å². The molecule has 0 saturated carbocycles. The first kappa shape index (κ1) is 29.9. The number of nitrogens with zero attached hydrogens (tertiary/aromatic N) is 2. The van der Waals surface area contributed by atoms with Crippen LogP contribution in [0.3, 0.4) is 0 Å². The Bertz CT molecular complexity index is 2770. The molecule has 0 saturated heterocycles. The first-order chi connectivity index (χ1) is 24.9. The van der Waals surface area contributed by atoms with E-state index < -0.39 is 0 Å². The highest BCUT2D eigenvalue weighted by molar-refractivity contribution is 6.27. The van der Waals surface area contributed by atoms with Crippen molar-refractivity contribution in [3.63, 3.8) is 0 Å². The van der Waals surface area contributed by atoms with E-state index in [1.807, 2.05) is 18.5 Å². The van der Waals surface area contributed by atoms with Crippen LogP contribution in [0.15, 0.2) is 158 Å². The molecule has 0 N–H and O–H groups in total. The van der Waals surface area contributed by atoms with Crippen molar-refractivity contribution in [2.45, 2.75) is 38.6 Å². The molecule has 0 aliphatic heterocycles. The summed E-state index contributed by atoms with van der Waals surface area (Å²) < 4.78 is 2.55. The van der Waals surface area contributed by atoms with Crippen LogP contribution in [-0.4, -0.2) is 9.55 Å². The normalized spacial score (nSPS) is 15.1. The van der Waals surface area contributed by atoms with Crippen molar-refractivity contribution in [3.8, 4) is 22.3 Å². The second kappa shape index (κ2) is 11.3. The molecule has 1 aliphatic carbocycles. The topological polar surface area (TPSA) is 17.8 Å². The third-order valence-electron chi connectivity index (χ3n) is 11.1. The lowest BCUT2D eigenvalue weighted by Gasteiger charge is -2.24. The monoisotopic (exact) mass is 654 g/mol. The van der Waals surface area contributed by atoms with Crippen LogP contribution in [-0.2, 0) is 5.41 Å². The molecule has 1 aliphatic rings. The summed E-state index contributed by atoms with van der Waals surface area (Å²) in [5.41, 5.74) is 11.3. The molecule has 244 valence electrons. The molecule has 1 atom stereocenters. The second-order valence-corrected chi connectivity index (χ2v) is 15.2. The highest BCUT2D eigenvalue weighted by Gasteiger charge is 2.23. The van der Waals surface area contributed by atoms with Gasteiger partial charge in [-0.25, -0.2) is 0 Å². The van der Waals surface area contributed by atoms with Gasteiger partial charge in [0.15, 0.2) is 0 Å². The van der Waals surface area contributed by atoms with Crippen molar-refractivity contribution in [1.29, 1.82) is 0 Å². The van der Waals surface area contributed by atoms with Crippen LogP contribution >= 0.6 is 0 Å². The quantitative estimate of drug-likeness (QED) is 0.173. The number of benzene rings is 7. The van der Waals surface area contributed by atoms with Gasteiger partial charge in [-0.3, -0.25) is 4.98 Å². The highest BCUT2D eigenvalue weighted by atomic mass is 15.0. The van der Waals surface area contributed by atoms with Gasteiger partial charge < -0.3 is 4.57 Å². The van der Waals surface area contributed by atoms with Crippen LogP contribution in [0.2, 0.25) is 0 Å². The first-order valence-corrected chi connectivity index (χ1v) is 18.1. The average Bonchev–Trinajstić information content (AvgIpc) is 3.51. The highest BCUT2D eigenvalue weighted by Crippen LogP contribution is 2.46. The Labute approximate surface area is 298 Å². The molecule has 0 bridgehead atoms. The Hall–Kier alpha value is -5.99. The molecule has 2 heterocycles. The Morgan fingerprint density at radius 3 is 1.88 bits per heavy atom. The van der Waals surface area contributed by atoms with Crippen LogP contribution in [0.5, 0.6) is 0 Å². The van der Waals surface area contributed by atoms with Crippen LogP contribution in [0.1, 0.15) is 44.4 Å². The van der Waals surface area contributed by atoms with Gasteiger partial charge in [-0.15, -0.1) is 0 Å². The van der Waals surface area contributed by atoms with Gasteiger partial charge in [0.25, 0.3) is 0 Å². The summed E-state index contributed by atoms with van der Waals surface area (Å²) in [4.78, 5) is 4.36. The van der Waals surface area contributed by atoms with E-state index in [0.717, 1.165) is 12.0 Å². The van der Waals surface area contributed by atoms with Crippen molar-refractivity contribution in [3.05, 3.63) is 169 Å². The predicted octanol–water partition coefficient (Wildman–Crippen LogP) is 13.3. The molecule has 9 aromatic rings. The molecule has 2 nitrogen and oxygen atoms in total. The number of rotatable bonds is 4. The summed E-state index contributed by atoms with van der Waals surface area (Å²) >= 11 is 0. The lowest BCUT2D eigenvalue weighted by molar-refractivity contribution is 0.591. The van der Waals surface area contributed by atoms with Crippen molar-refractivity contribution in [2.75, 3.05) is 0 Å². The summed E-state index contributed by atoms with van der Waals surface area (Å²) in [6, 6.07) is 47.7. The number of pyridine rings is 1. The number of aromatic nitrogens is 2. The zero-order valence-electron chi connectivity index (χ0n) is 29.2. The summed E-state index contributed by atoms with van der Waals surface area (Å²) in [5.74, 6) is 0. The van der Waals surface area contributed by atoms with E-state index in [-0.39, 0.29) is 11.5 Å². The molecule has 0 spiro atoms. The molecule has 7 aromatic carbocycles. The molecule has 2 heteroatoms. The summed E-state index contributed by atoms with van der Waals surface area (Å²) in [7, 11) is 0. The standard InChI is InChI=1S/C49H38N2/c1-49(2,3)37-26-34-21-23-41-43(32-19-17-31(18-20-32)36-11-9-25-50-30-36)29-44(42-24-22-35(27-37)47(34)48(41)42)33-10-8-12-38(28-33)51-45-15-6-4-13-39(45)40-14-5-7-16-46(40)51/h4-11,13-30,38H,12H2,1-3H3. The maximum absolute atomic E-state index is 4.36. The summed E-state index contributed by atoms with van der Waals surface area (Å²) in [6.07, 6.45) is 12.0. The predicted molar refractivity (Wildman–Crippen MR) is 218 cm³/mol. The fourth-order valence-corrected chi connectivity index (χ4v) is 8.54. The Morgan fingerprint density at radius 2 is 1.24 bits per heavy atom. The third-order valence-corrected chi connectivity index (χ3v) is 11.1. The molecular weight excluding hydrogens is 617 g/mol. The van der Waals surface area contributed by atoms with Gasteiger partial charge in [-0.05, 0) is 107 Å². The Balaban J connectivity index is 1.22. The number of hydrogen-bond donors (Lipinski definition) is 0. The summed E-state index contributed by atoms with van der Waals surface area (Å²) in [5, 5.41) is 10.5. The molecule has 10 rings (SSSR count). The van der Waals surface area contributed by atoms with E-state index in [0.29, 0.717) is 0 Å². The van der Waals surface area contributed by atoms with Crippen LogP contribution in [0.4, 0.5) is 0 Å². The zero-order valence-corrected chi connectivity index (χ0v) is 29.2. The van der Waals surface area contributed by atoms with Crippen molar-refractivity contribution in [1.82, 2.24) is 9.55 Å². The Kier molecular flexibility index (Phi) is 6.60. The van der Waals surface area contributed by atoms with E-state index in [4.69, 9.17) is 0 Å². The number of para-hydroxylation sites is 2. The maximum Gasteiger partial charge on any atom is 0.0566 e. The van der Waals surface area contributed by atoms with Gasteiger partial charge in [0.1, 0.15) is 0 Å². The zero-order chi connectivity index (χ0) is 34.3. The van der Waals surface area contributed by atoms with E-state index in [1.165, 1.54) is 87.5 Å². The van der Waals surface area contributed by atoms with Crippen LogP contribution in [0, 0.1) is 0 Å². The van der Waals surface area contributed by atoms with Crippen LogP contribution in [0.25, 0.3) is 82.0 Å². The Morgan fingerprint density at radius 1 is 0.588 bits per heavy atom. The van der Waals surface area contributed by atoms with Crippen molar-refractivity contribution in [2.24, 2.45) is 0 Å². The lowest BCUT2D eigenvalue weighted by atomic mass is 9.81. The molecule has 0 fully saturated rings. The molecular formula is C49H38N2. The second-order valence-electron chi connectivity index (χ2n) is 15.2. The molecule has 0 radical (unpaired) electrons. The van der Waals surface area contributed by atoms with Gasteiger partial charge in [0.05, 0.1) is 6.04 Å². The number of fused-ring (bicyclic) bond motifs is 3. The SMILES string of the molecule is CC(C)(C)c1cc2ccc3c(C4=CC(n5c6ccccc6c6ccccc65)CC=C4)cc(-c4ccc(-c5cccnc5)cc4)c4ccc(c1)c2c34. The van der Waals surface area contributed by atoms with Gasteiger partial charge in [0.2, 0.25) is 0 Å². The summed E-state index contributed by atoms with van der Waals surface area (Å²) in [6.45, 7) is 6.92. The minimum atomic E-state index is 0.0658. The van der Waals surface area contributed by atoms with E-state index in [1.54, 1.807) is 0 Å². The molecule has 0 amide bonds. The minimum Gasteiger partial charge on any atom is -0.333 e. The largest absolute Gasteiger partial charge is 0.333 e. The van der Waals surface area contributed by atoms with Crippen molar-refractivity contribution >= 4 is 59.7 Å². The lowest BCUT2D eigenvalue weighted by Crippen LogP contribution is -2.11. The van der Waals surface area contributed by atoms with E-state index in [2.05, 4.69) is 170 Å². The molecule has 1 unspecified atom stereocenters. The van der Waals surface area contributed by atoms with Gasteiger partial charge in [-0.2, -0.15) is 0 Å². The molecule has 51 heavy (non-hydrogen) atoms. The van der Waals surface area contributed by atoms with E-state index in [9.17, 15) is 0 Å². The number of allylic oxidation sites excluding steroid dienone is 4. The third kappa shape index (κ3) is 4.74. The average molecular weight is 655 g/mol. The van der Waals surface area contributed by atoms with Gasteiger partial charge >= 0.3 is 0 Å². The van der Waals surface area contributed by atoms with Crippen LogP contribution < -0.4 is 0 Å². The fourth-order valence-electron chi connectivity index (χ4n) is 8.54. The number of hydrogen-bond acceptors (Lipinski definition) is 1. The smallest absolute Gasteiger partial charge is 0.0566 e. The fraction of sp³-hybridized carbons (Fsp3) is 0.122.